The van der Waals surface area contributed by atoms with Crippen LogP contribution in [-0.2, 0) is 0 Å². The van der Waals surface area contributed by atoms with Crippen LogP contribution in [0.2, 0.25) is 0 Å². The molecular weight excluding hydrogens is 558 g/mol. The lowest BCUT2D eigenvalue weighted by molar-refractivity contribution is 0.669. The first-order valence-electron chi connectivity index (χ1n) is 15.8. The number of para-hydroxylation sites is 2. The number of hydrogen-bond donors (Lipinski definition) is 0. The second-order valence-corrected chi connectivity index (χ2v) is 12.1. The standard InChI is InChI=1S/C44H27NO/c1-2-11-29-27-44-40(25-28(29)10-1)39-26-31(20-23-43(39)46-44)34-22-21-33(35-14-3-4-15-36(34)35)30-12-9-13-32(24-30)45-41-18-7-5-16-37(41)38-17-6-8-19-42(38)45/h1-27H. The van der Waals surface area contributed by atoms with Crippen molar-refractivity contribution >= 4 is 65.3 Å². The van der Waals surface area contributed by atoms with E-state index < -0.39 is 0 Å². The highest BCUT2D eigenvalue weighted by Gasteiger charge is 2.15. The van der Waals surface area contributed by atoms with E-state index in [1.54, 1.807) is 0 Å². The van der Waals surface area contributed by atoms with Crippen LogP contribution in [0.15, 0.2) is 168 Å². The average Bonchev–Trinajstić information content (AvgIpc) is 3.65. The second kappa shape index (κ2) is 9.69. The molecular formula is C44H27NO. The van der Waals surface area contributed by atoms with Crippen LogP contribution in [0.25, 0.3) is 93.2 Å². The quantitative estimate of drug-likeness (QED) is 0.202. The Bertz CT molecular complexity index is 2760. The van der Waals surface area contributed by atoms with Gasteiger partial charge in [-0.25, -0.2) is 0 Å². The molecule has 0 N–H and O–H groups in total. The van der Waals surface area contributed by atoms with Crippen molar-refractivity contribution in [1.82, 2.24) is 4.57 Å². The Balaban J connectivity index is 1.14. The van der Waals surface area contributed by atoms with E-state index in [0.29, 0.717) is 0 Å². The average molecular weight is 586 g/mol. The van der Waals surface area contributed by atoms with Gasteiger partial charge in [-0.2, -0.15) is 0 Å². The summed E-state index contributed by atoms with van der Waals surface area (Å²) in [6.45, 7) is 0. The van der Waals surface area contributed by atoms with Crippen LogP contribution in [0.4, 0.5) is 0 Å². The maximum absolute atomic E-state index is 6.31. The monoisotopic (exact) mass is 585 g/mol. The molecule has 2 nitrogen and oxygen atoms in total. The summed E-state index contributed by atoms with van der Waals surface area (Å²) < 4.78 is 8.70. The van der Waals surface area contributed by atoms with E-state index in [0.717, 1.165) is 27.6 Å². The Morgan fingerprint density at radius 1 is 0.348 bits per heavy atom. The van der Waals surface area contributed by atoms with E-state index in [1.165, 1.54) is 65.6 Å². The van der Waals surface area contributed by atoms with Crippen molar-refractivity contribution < 1.29 is 4.42 Å². The molecule has 8 aromatic carbocycles. The highest BCUT2D eigenvalue weighted by atomic mass is 16.3. The summed E-state index contributed by atoms with van der Waals surface area (Å²) in [4.78, 5) is 0. The van der Waals surface area contributed by atoms with Gasteiger partial charge in [0.25, 0.3) is 0 Å². The summed E-state index contributed by atoms with van der Waals surface area (Å²) in [5, 5.41) is 9.73. The largest absolute Gasteiger partial charge is 0.456 e. The molecule has 0 unspecified atom stereocenters. The van der Waals surface area contributed by atoms with E-state index in [4.69, 9.17) is 4.42 Å². The van der Waals surface area contributed by atoms with Crippen molar-refractivity contribution in [2.24, 2.45) is 0 Å². The zero-order valence-corrected chi connectivity index (χ0v) is 24.9. The number of nitrogens with zero attached hydrogens (tertiary/aromatic N) is 1. The van der Waals surface area contributed by atoms with Gasteiger partial charge in [-0.1, -0.05) is 115 Å². The Morgan fingerprint density at radius 2 is 0.913 bits per heavy atom. The lowest BCUT2D eigenvalue weighted by atomic mass is 9.91. The maximum Gasteiger partial charge on any atom is 0.136 e. The first-order chi connectivity index (χ1) is 22.8. The molecule has 2 aromatic heterocycles. The van der Waals surface area contributed by atoms with E-state index in [2.05, 4.69) is 168 Å². The van der Waals surface area contributed by atoms with Gasteiger partial charge in [0.1, 0.15) is 11.2 Å². The van der Waals surface area contributed by atoms with E-state index >= 15 is 0 Å². The van der Waals surface area contributed by atoms with E-state index in [-0.39, 0.29) is 0 Å². The van der Waals surface area contributed by atoms with Crippen molar-refractivity contribution in [3.8, 4) is 27.9 Å². The number of hydrogen-bond acceptors (Lipinski definition) is 1. The molecule has 0 saturated heterocycles. The van der Waals surface area contributed by atoms with Gasteiger partial charge in [-0.3, -0.25) is 0 Å². The van der Waals surface area contributed by atoms with Crippen LogP contribution in [0.3, 0.4) is 0 Å². The van der Waals surface area contributed by atoms with Crippen LogP contribution in [0.1, 0.15) is 0 Å². The first kappa shape index (κ1) is 25.2. The molecule has 0 saturated carbocycles. The molecule has 0 spiro atoms. The molecule has 0 fully saturated rings. The van der Waals surface area contributed by atoms with Gasteiger partial charge in [0.15, 0.2) is 0 Å². The third kappa shape index (κ3) is 3.71. The van der Waals surface area contributed by atoms with E-state index in [9.17, 15) is 0 Å². The van der Waals surface area contributed by atoms with Crippen molar-refractivity contribution in [2.45, 2.75) is 0 Å². The number of rotatable bonds is 3. The molecule has 214 valence electrons. The van der Waals surface area contributed by atoms with Crippen LogP contribution >= 0.6 is 0 Å². The predicted octanol–water partition coefficient (Wildman–Crippen LogP) is 12.3. The van der Waals surface area contributed by atoms with Crippen LogP contribution < -0.4 is 0 Å². The summed E-state index contributed by atoms with van der Waals surface area (Å²) in [7, 11) is 0. The highest BCUT2D eigenvalue weighted by molar-refractivity contribution is 6.13. The molecule has 0 amide bonds. The maximum atomic E-state index is 6.31. The molecule has 0 radical (unpaired) electrons. The molecule has 10 aromatic rings. The minimum Gasteiger partial charge on any atom is -0.456 e. The van der Waals surface area contributed by atoms with Gasteiger partial charge >= 0.3 is 0 Å². The molecule has 0 aliphatic carbocycles. The lowest BCUT2D eigenvalue weighted by Gasteiger charge is -2.14. The highest BCUT2D eigenvalue weighted by Crippen LogP contribution is 2.40. The minimum absolute atomic E-state index is 0.914. The molecule has 2 heteroatoms. The first-order valence-corrected chi connectivity index (χ1v) is 15.8. The molecule has 0 aliphatic heterocycles. The molecule has 0 atom stereocenters. The van der Waals surface area contributed by atoms with Crippen molar-refractivity contribution in [2.75, 3.05) is 0 Å². The molecule has 0 bridgehead atoms. The minimum atomic E-state index is 0.914. The van der Waals surface area contributed by atoms with Crippen molar-refractivity contribution in [1.29, 1.82) is 0 Å². The number of furan rings is 1. The number of aromatic nitrogens is 1. The molecule has 10 rings (SSSR count). The second-order valence-electron chi connectivity index (χ2n) is 12.1. The fourth-order valence-electron chi connectivity index (χ4n) is 7.45. The lowest BCUT2D eigenvalue weighted by Crippen LogP contribution is -1.94. The summed E-state index contributed by atoms with van der Waals surface area (Å²) in [6.07, 6.45) is 0. The predicted molar refractivity (Wildman–Crippen MR) is 194 cm³/mol. The summed E-state index contributed by atoms with van der Waals surface area (Å²) in [5.41, 5.74) is 10.3. The summed E-state index contributed by atoms with van der Waals surface area (Å²) in [6, 6.07) is 59.1. The Labute approximate surface area is 265 Å². The van der Waals surface area contributed by atoms with Crippen molar-refractivity contribution in [3.63, 3.8) is 0 Å². The Morgan fingerprint density at radius 3 is 1.61 bits per heavy atom. The van der Waals surface area contributed by atoms with Gasteiger partial charge < -0.3 is 8.98 Å². The molecule has 2 heterocycles. The third-order valence-electron chi connectivity index (χ3n) is 9.57. The number of fused-ring (bicyclic) bond motifs is 8. The van der Waals surface area contributed by atoms with Crippen molar-refractivity contribution in [3.05, 3.63) is 164 Å². The van der Waals surface area contributed by atoms with Gasteiger partial charge in [0.2, 0.25) is 0 Å². The zero-order chi connectivity index (χ0) is 30.2. The Kier molecular flexibility index (Phi) is 5.31. The van der Waals surface area contributed by atoms with Gasteiger partial charge in [-0.05, 0) is 92.3 Å². The topological polar surface area (TPSA) is 18.1 Å². The van der Waals surface area contributed by atoms with Crippen LogP contribution in [-0.4, -0.2) is 4.57 Å². The Hall–Kier alpha value is -6.12. The van der Waals surface area contributed by atoms with Gasteiger partial charge in [0, 0.05) is 27.2 Å². The van der Waals surface area contributed by atoms with Crippen LogP contribution in [0.5, 0.6) is 0 Å². The SMILES string of the molecule is c1cc(-c2ccc(-c3ccc4oc5cc6ccccc6cc5c4c3)c3ccccc23)cc(-n2c3ccccc3c3ccccc32)c1. The number of benzene rings is 8. The third-order valence-corrected chi connectivity index (χ3v) is 9.57. The summed E-state index contributed by atoms with van der Waals surface area (Å²) >= 11 is 0. The van der Waals surface area contributed by atoms with Crippen LogP contribution in [0, 0.1) is 0 Å². The smallest absolute Gasteiger partial charge is 0.136 e. The fraction of sp³-hybridized carbons (Fsp3) is 0. The van der Waals surface area contributed by atoms with E-state index in [1.807, 2.05) is 0 Å². The zero-order valence-electron chi connectivity index (χ0n) is 24.9. The molecule has 46 heavy (non-hydrogen) atoms. The van der Waals surface area contributed by atoms with Gasteiger partial charge in [0.05, 0.1) is 11.0 Å². The molecule has 0 aliphatic rings. The van der Waals surface area contributed by atoms with Gasteiger partial charge in [-0.15, -0.1) is 0 Å². The normalized spacial score (nSPS) is 11.9. The fourth-order valence-corrected chi connectivity index (χ4v) is 7.45. The summed E-state index contributed by atoms with van der Waals surface area (Å²) in [5.74, 6) is 0.